The van der Waals surface area contributed by atoms with Crippen LogP contribution in [0.4, 0.5) is 18.9 Å². The topological polar surface area (TPSA) is 91.3 Å². The lowest BCUT2D eigenvalue weighted by molar-refractivity contribution is -0.276. The maximum atomic E-state index is 13.1. The third kappa shape index (κ3) is 7.77. The fourth-order valence-electron chi connectivity index (χ4n) is 6.80. The molecule has 3 fully saturated rings. The van der Waals surface area contributed by atoms with Gasteiger partial charge < -0.3 is 24.8 Å². The van der Waals surface area contributed by atoms with Crippen molar-refractivity contribution in [1.29, 1.82) is 0 Å². The lowest BCUT2D eigenvalue weighted by Crippen LogP contribution is -2.48. The molecule has 45 heavy (non-hydrogen) atoms. The van der Waals surface area contributed by atoms with Crippen LogP contribution in [-0.4, -0.2) is 70.7 Å². The molecule has 3 aliphatic rings. The largest absolute Gasteiger partial charge is 0.471 e. The highest BCUT2D eigenvalue weighted by atomic mass is 19.4. The van der Waals surface area contributed by atoms with Crippen LogP contribution in [0.2, 0.25) is 0 Å². The zero-order chi connectivity index (χ0) is 32.1. The van der Waals surface area contributed by atoms with Gasteiger partial charge in [0.05, 0.1) is 18.8 Å². The highest BCUT2D eigenvalue weighted by Crippen LogP contribution is 2.42. The van der Waals surface area contributed by atoms with Crippen molar-refractivity contribution in [3.8, 4) is 0 Å². The third-order valence-corrected chi connectivity index (χ3v) is 9.23. The number of benzene rings is 2. The number of ether oxygens (including phenoxy) is 2. The normalized spacial score (nSPS) is 25.9. The zero-order valence-electron chi connectivity index (χ0n) is 25.5. The first kappa shape index (κ1) is 33.1. The summed E-state index contributed by atoms with van der Waals surface area (Å²) in [4.78, 5) is 28.0. The van der Waals surface area contributed by atoms with Gasteiger partial charge in [-0.3, -0.25) is 14.5 Å². The van der Waals surface area contributed by atoms with Crippen LogP contribution in [0.15, 0.2) is 61.2 Å². The Kier molecular flexibility index (Phi) is 10.6. The number of hydrogen-bond donors (Lipinski definition) is 2. The van der Waals surface area contributed by atoms with Gasteiger partial charge in [-0.15, -0.1) is 6.58 Å². The molecule has 2 heterocycles. The van der Waals surface area contributed by atoms with Crippen molar-refractivity contribution in [3.63, 3.8) is 0 Å². The Morgan fingerprint density at radius 3 is 2.47 bits per heavy atom. The van der Waals surface area contributed by atoms with E-state index >= 15 is 0 Å². The van der Waals surface area contributed by atoms with Crippen LogP contribution in [0.1, 0.15) is 74.5 Å². The van der Waals surface area contributed by atoms with E-state index in [-0.39, 0.29) is 37.7 Å². The molecule has 2 aliphatic heterocycles. The SMILES string of the molecule is C=CCN(C[C@@H]1O[C@H](c2cccc(NC(=O)[C@@H]3CCCN3C(=O)C(F)(F)F)c2)O[C@H](c2ccc(CO)cc2)[C@@H]1C)C1CCCC1. The van der Waals surface area contributed by atoms with Crippen LogP contribution in [0.3, 0.4) is 0 Å². The highest BCUT2D eigenvalue weighted by molar-refractivity contribution is 5.98. The number of aliphatic hydroxyl groups excluding tert-OH is 1. The number of amides is 2. The molecular formula is C34H42F3N3O5. The molecule has 5 atom stereocenters. The molecule has 1 aliphatic carbocycles. The summed E-state index contributed by atoms with van der Waals surface area (Å²) in [6.07, 6.45) is 0.707. The van der Waals surface area contributed by atoms with Crippen molar-refractivity contribution >= 4 is 17.5 Å². The quantitative estimate of drug-likeness (QED) is 0.319. The summed E-state index contributed by atoms with van der Waals surface area (Å²) in [6.45, 7) is 7.33. The van der Waals surface area contributed by atoms with Crippen LogP contribution >= 0.6 is 0 Å². The minimum absolute atomic E-state index is 0.0163. The second-order valence-corrected chi connectivity index (χ2v) is 12.3. The average Bonchev–Trinajstić information content (AvgIpc) is 3.74. The van der Waals surface area contributed by atoms with E-state index in [2.05, 4.69) is 23.7 Å². The molecule has 11 heteroatoms. The smallest absolute Gasteiger partial charge is 0.392 e. The van der Waals surface area contributed by atoms with Crippen molar-refractivity contribution < 1.29 is 37.3 Å². The number of nitrogens with zero attached hydrogens (tertiary/aromatic N) is 2. The van der Waals surface area contributed by atoms with Crippen molar-refractivity contribution in [1.82, 2.24) is 9.80 Å². The Labute approximate surface area is 262 Å². The molecule has 0 unspecified atom stereocenters. The molecule has 0 spiro atoms. The van der Waals surface area contributed by atoms with E-state index in [1.54, 1.807) is 18.2 Å². The maximum Gasteiger partial charge on any atom is 0.471 e. The van der Waals surface area contributed by atoms with Crippen LogP contribution in [0, 0.1) is 5.92 Å². The van der Waals surface area contributed by atoms with Gasteiger partial charge in [-0.1, -0.05) is 62.2 Å². The second-order valence-electron chi connectivity index (χ2n) is 12.3. The highest BCUT2D eigenvalue weighted by Gasteiger charge is 2.48. The first-order chi connectivity index (χ1) is 21.6. The molecule has 1 saturated carbocycles. The van der Waals surface area contributed by atoms with E-state index in [4.69, 9.17) is 9.47 Å². The standard InChI is InChI=1S/C34H42F3N3O5/c1-3-17-39(27-10-4-5-11-27)20-29-22(2)30(24-15-13-23(21-41)14-16-24)45-32(44-29)25-8-6-9-26(19-25)38-31(42)28-12-7-18-40(28)33(43)34(35,36)37/h3,6,8-9,13-16,19,22,27-30,32,41H,1,4-5,7,10-12,17-18,20-21H2,2H3,(H,38,42)/t22-,28+,29+,30+,32+/m1/s1. The van der Waals surface area contributed by atoms with Crippen molar-refractivity contribution in [2.45, 2.75) is 88.8 Å². The molecule has 8 nitrogen and oxygen atoms in total. The Bertz CT molecular complexity index is 1330. The van der Waals surface area contributed by atoms with E-state index < -0.39 is 30.3 Å². The molecule has 2 aromatic rings. The summed E-state index contributed by atoms with van der Waals surface area (Å²) in [5.41, 5.74) is 2.77. The molecule has 0 radical (unpaired) electrons. The van der Waals surface area contributed by atoms with E-state index in [0.717, 1.165) is 30.5 Å². The first-order valence-corrected chi connectivity index (χ1v) is 15.7. The summed E-state index contributed by atoms with van der Waals surface area (Å²) in [6, 6.07) is 13.8. The third-order valence-electron chi connectivity index (χ3n) is 9.23. The van der Waals surface area contributed by atoms with Gasteiger partial charge in [0.1, 0.15) is 6.04 Å². The Morgan fingerprint density at radius 2 is 1.80 bits per heavy atom. The fraction of sp³-hybridized carbons (Fsp3) is 0.529. The van der Waals surface area contributed by atoms with E-state index in [1.807, 2.05) is 36.4 Å². The van der Waals surface area contributed by atoms with E-state index in [0.29, 0.717) is 35.2 Å². The van der Waals surface area contributed by atoms with Gasteiger partial charge in [0, 0.05) is 42.8 Å². The molecule has 2 aromatic carbocycles. The van der Waals surface area contributed by atoms with E-state index in [9.17, 15) is 27.9 Å². The van der Waals surface area contributed by atoms with Crippen molar-refractivity contribution in [3.05, 3.63) is 77.9 Å². The number of carbonyl (C=O) groups is 2. The second kappa shape index (κ2) is 14.5. The first-order valence-electron chi connectivity index (χ1n) is 15.7. The monoisotopic (exact) mass is 629 g/mol. The van der Waals surface area contributed by atoms with Crippen molar-refractivity contribution in [2.24, 2.45) is 5.92 Å². The van der Waals surface area contributed by atoms with Gasteiger partial charge in [-0.25, -0.2) is 0 Å². The fourth-order valence-corrected chi connectivity index (χ4v) is 6.80. The van der Waals surface area contributed by atoms with Crippen LogP contribution in [0.5, 0.6) is 0 Å². The van der Waals surface area contributed by atoms with Gasteiger partial charge in [0.15, 0.2) is 6.29 Å². The van der Waals surface area contributed by atoms with Crippen LogP contribution in [0.25, 0.3) is 0 Å². The van der Waals surface area contributed by atoms with Crippen molar-refractivity contribution in [2.75, 3.05) is 25.0 Å². The lowest BCUT2D eigenvalue weighted by Gasteiger charge is -2.43. The number of carbonyl (C=O) groups excluding carboxylic acids is 2. The lowest BCUT2D eigenvalue weighted by atomic mass is 9.89. The number of aliphatic hydroxyl groups is 1. The van der Waals surface area contributed by atoms with Gasteiger partial charge >= 0.3 is 12.1 Å². The molecule has 5 rings (SSSR count). The summed E-state index contributed by atoms with van der Waals surface area (Å²) in [5, 5.41) is 12.3. The molecule has 244 valence electrons. The summed E-state index contributed by atoms with van der Waals surface area (Å²) in [5.74, 6) is -2.69. The van der Waals surface area contributed by atoms with Gasteiger partial charge in [0.25, 0.3) is 0 Å². The maximum absolute atomic E-state index is 13.1. The predicted octanol–water partition coefficient (Wildman–Crippen LogP) is 5.89. The number of anilines is 1. The summed E-state index contributed by atoms with van der Waals surface area (Å²) < 4.78 is 52.6. The molecular weight excluding hydrogens is 587 g/mol. The Morgan fingerprint density at radius 1 is 1.07 bits per heavy atom. The molecule has 2 N–H and O–H groups in total. The average molecular weight is 630 g/mol. The minimum Gasteiger partial charge on any atom is -0.392 e. The number of alkyl halides is 3. The van der Waals surface area contributed by atoms with Gasteiger partial charge in [0.2, 0.25) is 5.91 Å². The zero-order valence-corrected chi connectivity index (χ0v) is 25.5. The molecule has 0 aromatic heterocycles. The molecule has 2 amide bonds. The number of halogens is 3. The number of rotatable bonds is 10. The van der Waals surface area contributed by atoms with Crippen LogP contribution < -0.4 is 5.32 Å². The molecule has 0 bridgehead atoms. The Hall–Kier alpha value is -3.25. The van der Waals surface area contributed by atoms with Gasteiger partial charge in [-0.05, 0) is 48.9 Å². The Balaban J connectivity index is 1.37. The van der Waals surface area contributed by atoms with Crippen LogP contribution in [-0.2, 0) is 25.7 Å². The van der Waals surface area contributed by atoms with E-state index in [1.165, 1.54) is 12.8 Å². The number of likely N-dealkylation sites (tertiary alicyclic amines) is 1. The molecule has 2 saturated heterocycles. The summed E-state index contributed by atoms with van der Waals surface area (Å²) >= 11 is 0. The predicted molar refractivity (Wildman–Crippen MR) is 163 cm³/mol. The van der Waals surface area contributed by atoms with Gasteiger partial charge in [-0.2, -0.15) is 13.2 Å². The summed E-state index contributed by atoms with van der Waals surface area (Å²) in [7, 11) is 0. The number of nitrogens with one attached hydrogen (secondary N) is 1. The number of hydrogen-bond acceptors (Lipinski definition) is 6. The minimum atomic E-state index is -5.04.